The van der Waals surface area contributed by atoms with Crippen LogP contribution in [0.5, 0.6) is 0 Å². The van der Waals surface area contributed by atoms with E-state index in [1.54, 1.807) is 0 Å². The molecule has 0 bridgehead atoms. The topological polar surface area (TPSA) is 13.0 Å². The van der Waals surface area contributed by atoms with Crippen LogP contribution in [0.15, 0.2) is 182 Å². The van der Waals surface area contributed by atoms with Gasteiger partial charge in [0, 0.05) is 55.1 Å². The van der Waals surface area contributed by atoms with Crippen molar-refractivity contribution in [1.29, 1.82) is 0 Å². The minimum atomic E-state index is -0.209. The highest BCUT2D eigenvalue weighted by atomic mass is 15.2. The second kappa shape index (κ2) is 33.9. The Morgan fingerprint density at radius 3 is 0.411 bits per heavy atom. The fraction of sp³-hybridized carbons (Fsp3) is 0.467. The van der Waals surface area contributed by atoms with Gasteiger partial charge < -0.3 is 19.6 Å². The molecule has 0 amide bonds. The maximum Gasteiger partial charge on any atom is 0.0561 e. The van der Waals surface area contributed by atoms with Crippen molar-refractivity contribution < 1.29 is 0 Å². The average molecular weight is 1660 g/mol. The molecule has 0 saturated carbocycles. The lowest BCUT2D eigenvalue weighted by molar-refractivity contribution is 0.568. The van der Waals surface area contributed by atoms with Crippen molar-refractivity contribution in [3.05, 3.63) is 271 Å². The fourth-order valence-electron chi connectivity index (χ4n) is 18.7. The van der Waals surface area contributed by atoms with Gasteiger partial charge in [0.05, 0.1) is 45.5 Å². The Hall–Kier alpha value is -9.12. The van der Waals surface area contributed by atoms with Crippen LogP contribution < -0.4 is 19.6 Å². The Bertz CT molecular complexity index is 4960. The Balaban J connectivity index is 1.53. The predicted octanol–water partition coefficient (Wildman–Crippen LogP) is 37.8. The molecule has 4 heteroatoms. The van der Waals surface area contributed by atoms with Crippen molar-refractivity contribution in [3.63, 3.8) is 0 Å². The fourth-order valence-corrected chi connectivity index (χ4v) is 18.7. The van der Waals surface area contributed by atoms with Gasteiger partial charge in [-0.05, 0) is 240 Å². The van der Waals surface area contributed by atoms with Crippen molar-refractivity contribution in [3.8, 4) is 0 Å². The first-order valence-corrected chi connectivity index (χ1v) is 47.4. The van der Waals surface area contributed by atoms with Crippen molar-refractivity contribution in [2.45, 2.75) is 368 Å². The summed E-state index contributed by atoms with van der Waals surface area (Å²) in [7, 11) is 0. The number of para-hydroxylation sites is 4. The van der Waals surface area contributed by atoms with E-state index in [9.17, 15) is 0 Å². The molecule has 12 aromatic carbocycles. The average Bonchev–Trinajstić information content (AvgIpc) is 0.689. The molecule has 0 atom stereocenters. The monoisotopic (exact) mass is 1660 g/mol. The molecule has 0 fully saturated rings. The lowest BCUT2D eigenvalue weighted by Crippen LogP contribution is -2.23. The van der Waals surface area contributed by atoms with E-state index < -0.39 is 0 Å². The third-order valence-corrected chi connectivity index (χ3v) is 26.7. The van der Waals surface area contributed by atoms with E-state index in [0.29, 0.717) is 0 Å². The Morgan fingerprint density at radius 1 is 0.169 bits per heavy atom. The van der Waals surface area contributed by atoms with Gasteiger partial charge in [0.1, 0.15) is 0 Å². The molecule has 0 heterocycles. The van der Waals surface area contributed by atoms with Crippen LogP contribution >= 0.6 is 0 Å². The van der Waals surface area contributed by atoms with Gasteiger partial charge >= 0.3 is 0 Å². The Kier molecular flexibility index (Phi) is 25.7. The standard InChI is InChI=1S/C120H158N4/c1-71(2)91-45-41-46-92(72(3)4)109(91)121(87-61-79(113(17,18)19)57-80(62-87)114(20,21)22)103-69-104(122(110-93(73(5)6)47-42-48-94(110)74(7)8)88-63-81(115(23,24)25)58-82(64-88)116(26,27)28)100-55-56-102-106(124(112-97(77(13)14)51-44-52-98(112)78(15)16)90-67-85(119(35,36)37)60-86(68-90)120(38,39)40)70-105(101-54-53-99(103)107(100)108(101)102)123(111-95(75(9)10)49-43-50-96(111)76(11)12)89-65-83(117(29,30)31)59-84(66-89)118(32,33)34/h41-78H,1-40H3. The van der Waals surface area contributed by atoms with E-state index in [-0.39, 0.29) is 90.7 Å². The molecule has 0 saturated heterocycles. The summed E-state index contributed by atoms with van der Waals surface area (Å²) < 4.78 is 0. The molecule has 0 aromatic heterocycles. The molecule has 0 radical (unpaired) electrons. The quantitative estimate of drug-likeness (QED) is 0.0705. The maximum absolute atomic E-state index is 2.81. The first-order valence-electron chi connectivity index (χ1n) is 47.4. The molecular weight excluding hydrogens is 1500 g/mol. The minimum absolute atomic E-state index is 0.157. The van der Waals surface area contributed by atoms with Gasteiger partial charge in [0.2, 0.25) is 0 Å². The molecular formula is C120H158N4. The van der Waals surface area contributed by atoms with Crippen LogP contribution in [0.25, 0.3) is 32.3 Å². The van der Waals surface area contributed by atoms with Gasteiger partial charge in [0.25, 0.3) is 0 Å². The predicted molar refractivity (Wildman–Crippen MR) is 551 cm³/mol. The smallest absolute Gasteiger partial charge is 0.0561 e. The molecule has 124 heavy (non-hydrogen) atoms. The highest BCUT2D eigenvalue weighted by Crippen LogP contribution is 2.61. The van der Waals surface area contributed by atoms with Crippen LogP contribution in [-0.2, 0) is 43.3 Å². The van der Waals surface area contributed by atoms with Gasteiger partial charge in [-0.2, -0.15) is 0 Å². The van der Waals surface area contributed by atoms with Crippen LogP contribution in [0.2, 0.25) is 0 Å². The molecule has 0 aliphatic heterocycles. The van der Waals surface area contributed by atoms with Crippen LogP contribution in [0.4, 0.5) is 68.2 Å². The lowest BCUT2D eigenvalue weighted by atomic mass is 9.79. The van der Waals surface area contributed by atoms with Crippen molar-refractivity contribution in [1.82, 2.24) is 0 Å². The van der Waals surface area contributed by atoms with Gasteiger partial charge in [-0.3, -0.25) is 0 Å². The van der Waals surface area contributed by atoms with E-state index in [1.807, 2.05) is 0 Å². The summed E-state index contributed by atoms with van der Waals surface area (Å²) in [5.74, 6) is 1.26. The first kappa shape index (κ1) is 94.0. The number of nitrogens with zero attached hydrogens (tertiary/aromatic N) is 4. The highest BCUT2D eigenvalue weighted by Gasteiger charge is 2.39. The van der Waals surface area contributed by atoms with Crippen LogP contribution in [0.1, 0.15) is 413 Å². The number of hydrogen-bond donors (Lipinski definition) is 0. The van der Waals surface area contributed by atoms with Crippen molar-refractivity contribution >= 4 is 101 Å². The SMILES string of the molecule is CC(C)c1cccc(C(C)C)c1N(c1cc(C(C)(C)C)cc(C(C)(C)C)c1)c1cc(N(c2cc(C(C)(C)C)cc(C(C)(C)C)c2)c2c(C(C)C)cccc2C(C)C)c2ccc3c(N(c4cc(C(C)(C)C)cc(C(C)(C)C)c4)c4c(C(C)C)cccc4C(C)C)cc(N(c4cc(C(C)(C)C)cc(C(C)(C)C)c4)c4c(C(C)C)cccc4C(C)C)c4ccc1c2c43. The number of anilines is 12. The molecule has 0 unspecified atom stereocenters. The van der Waals surface area contributed by atoms with E-state index >= 15 is 0 Å². The number of benzene rings is 12. The van der Waals surface area contributed by atoms with E-state index in [4.69, 9.17) is 0 Å². The van der Waals surface area contributed by atoms with E-state index in [2.05, 4.69) is 479 Å². The molecule has 0 spiro atoms. The molecule has 12 aromatic rings. The first-order chi connectivity index (χ1) is 57.2. The van der Waals surface area contributed by atoms with Crippen LogP contribution in [0.3, 0.4) is 0 Å². The third-order valence-electron chi connectivity index (χ3n) is 26.7. The summed E-state index contributed by atoms with van der Waals surface area (Å²) >= 11 is 0. The van der Waals surface area contributed by atoms with Gasteiger partial charge in [-0.15, -0.1) is 0 Å². The van der Waals surface area contributed by atoms with Crippen LogP contribution in [-0.4, -0.2) is 0 Å². The summed E-state index contributed by atoms with van der Waals surface area (Å²) in [6, 6.07) is 75.5. The molecule has 0 N–H and O–H groups in total. The molecule has 12 rings (SSSR count). The van der Waals surface area contributed by atoms with Crippen LogP contribution in [0, 0.1) is 0 Å². The maximum atomic E-state index is 2.81. The van der Waals surface area contributed by atoms with E-state index in [0.717, 1.165) is 45.5 Å². The third kappa shape index (κ3) is 18.4. The zero-order valence-electron chi connectivity index (χ0n) is 84.7. The Labute approximate surface area is 753 Å². The molecule has 4 nitrogen and oxygen atoms in total. The highest BCUT2D eigenvalue weighted by molar-refractivity contribution is 6.33. The summed E-state index contributed by atoms with van der Waals surface area (Å²) in [6.45, 7) is 96.6. The summed E-state index contributed by atoms with van der Waals surface area (Å²) in [5.41, 5.74) is 33.5. The largest absolute Gasteiger partial charge is 0.309 e. The summed E-state index contributed by atoms with van der Waals surface area (Å²) in [6.07, 6.45) is 0. The van der Waals surface area contributed by atoms with Crippen molar-refractivity contribution in [2.24, 2.45) is 0 Å². The van der Waals surface area contributed by atoms with E-state index in [1.165, 1.54) is 144 Å². The summed E-state index contributed by atoms with van der Waals surface area (Å²) in [5, 5.41) is 7.22. The molecule has 658 valence electrons. The van der Waals surface area contributed by atoms with Gasteiger partial charge in [0.15, 0.2) is 0 Å². The van der Waals surface area contributed by atoms with Gasteiger partial charge in [-0.25, -0.2) is 0 Å². The zero-order valence-corrected chi connectivity index (χ0v) is 84.7. The normalized spacial score (nSPS) is 13.3. The molecule has 0 aliphatic rings. The van der Waals surface area contributed by atoms with Gasteiger partial charge in [-0.1, -0.05) is 398 Å². The Morgan fingerprint density at radius 2 is 0.298 bits per heavy atom. The molecule has 0 aliphatic carbocycles. The minimum Gasteiger partial charge on any atom is -0.309 e. The summed E-state index contributed by atoms with van der Waals surface area (Å²) in [4.78, 5) is 11.2. The zero-order chi connectivity index (χ0) is 91.8. The second-order valence-electron chi connectivity index (χ2n) is 47.7. The number of hydrogen-bond acceptors (Lipinski definition) is 4. The lowest BCUT2D eigenvalue weighted by Gasteiger charge is -2.39. The number of rotatable bonds is 20. The van der Waals surface area contributed by atoms with Crippen molar-refractivity contribution in [2.75, 3.05) is 19.6 Å². The second-order valence-corrected chi connectivity index (χ2v) is 47.7.